The van der Waals surface area contributed by atoms with E-state index in [0.29, 0.717) is 10.0 Å². The van der Waals surface area contributed by atoms with Crippen molar-refractivity contribution in [3.8, 4) is 0 Å². The fraction of sp³-hybridized carbons (Fsp3) is 0.111. The topological polar surface area (TPSA) is 9.23 Å². The van der Waals surface area contributed by atoms with Gasteiger partial charge in [0.25, 0.3) is 0 Å². The number of rotatable bonds is 2. The summed E-state index contributed by atoms with van der Waals surface area (Å²) in [7, 11) is 1.58. The zero-order chi connectivity index (χ0) is 8.97. The van der Waals surface area contributed by atoms with Crippen LogP contribution in [-0.2, 0) is 4.74 Å². The van der Waals surface area contributed by atoms with Crippen LogP contribution in [0.2, 0.25) is 10.0 Å². The summed E-state index contributed by atoms with van der Waals surface area (Å²) in [5.41, 5.74) is 0.853. The molecule has 64 valence electrons. The van der Waals surface area contributed by atoms with Crippen molar-refractivity contribution < 1.29 is 4.74 Å². The van der Waals surface area contributed by atoms with E-state index < -0.39 is 0 Å². The van der Waals surface area contributed by atoms with Gasteiger partial charge in [-0.3, -0.25) is 0 Å². The molecule has 0 aliphatic rings. The van der Waals surface area contributed by atoms with Crippen LogP contribution in [0.5, 0.6) is 0 Å². The lowest BCUT2D eigenvalue weighted by molar-refractivity contribution is 0.341. The molecule has 0 fully saturated rings. The molecule has 0 amide bonds. The van der Waals surface area contributed by atoms with Gasteiger partial charge in [-0.25, -0.2) is 0 Å². The smallest absolute Gasteiger partial charge is 0.0831 e. The molecule has 1 aromatic rings. The summed E-state index contributed by atoms with van der Waals surface area (Å²) >= 11 is 11.7. The molecule has 1 aromatic carbocycles. The van der Waals surface area contributed by atoms with E-state index in [-0.39, 0.29) is 0 Å². The average molecular weight is 203 g/mol. The van der Waals surface area contributed by atoms with Gasteiger partial charge in [-0.05, 0) is 17.7 Å². The van der Waals surface area contributed by atoms with E-state index in [0.717, 1.165) is 5.56 Å². The molecule has 0 atom stereocenters. The third kappa shape index (κ3) is 2.16. The van der Waals surface area contributed by atoms with E-state index >= 15 is 0 Å². The van der Waals surface area contributed by atoms with Crippen molar-refractivity contribution in [1.82, 2.24) is 0 Å². The maximum absolute atomic E-state index is 5.89. The largest absolute Gasteiger partial charge is 0.504 e. The highest BCUT2D eigenvalue weighted by Gasteiger charge is 1.99. The second-order valence-electron chi connectivity index (χ2n) is 2.18. The first kappa shape index (κ1) is 9.43. The highest BCUT2D eigenvalue weighted by Crippen LogP contribution is 2.26. The van der Waals surface area contributed by atoms with Gasteiger partial charge in [0.05, 0.1) is 23.4 Å². The molecule has 0 aliphatic carbocycles. The fourth-order valence-electron chi connectivity index (χ4n) is 0.791. The van der Waals surface area contributed by atoms with Gasteiger partial charge in [-0.15, -0.1) is 0 Å². The Morgan fingerprint density at radius 3 is 2.75 bits per heavy atom. The average Bonchev–Trinajstić information content (AvgIpc) is 2.08. The van der Waals surface area contributed by atoms with E-state index in [1.165, 1.54) is 0 Å². The van der Waals surface area contributed by atoms with Gasteiger partial charge in [-0.1, -0.05) is 35.3 Å². The predicted molar refractivity (Wildman–Crippen MR) is 52.5 cm³/mol. The lowest BCUT2D eigenvalue weighted by Gasteiger charge is -1.98. The molecule has 0 N–H and O–H groups in total. The second-order valence-corrected chi connectivity index (χ2v) is 2.97. The Kier molecular flexibility index (Phi) is 3.45. The van der Waals surface area contributed by atoms with Gasteiger partial charge >= 0.3 is 0 Å². The molecule has 1 nitrogen and oxygen atoms in total. The molecular weight excluding hydrogens is 195 g/mol. The van der Waals surface area contributed by atoms with Crippen molar-refractivity contribution in [2.75, 3.05) is 7.11 Å². The van der Waals surface area contributed by atoms with Gasteiger partial charge in [0.15, 0.2) is 0 Å². The third-order valence-electron chi connectivity index (χ3n) is 1.37. The molecule has 0 radical (unpaired) electrons. The van der Waals surface area contributed by atoms with Crippen molar-refractivity contribution in [2.24, 2.45) is 0 Å². The second kappa shape index (κ2) is 4.39. The molecule has 0 bridgehead atoms. The molecule has 0 unspecified atom stereocenters. The van der Waals surface area contributed by atoms with Crippen LogP contribution in [0.1, 0.15) is 5.56 Å². The summed E-state index contributed by atoms with van der Waals surface area (Å²) in [6, 6.07) is 5.45. The Morgan fingerprint density at radius 2 is 2.08 bits per heavy atom. The molecule has 0 heterocycles. The Balaban J connectivity index is 3.00. The predicted octanol–water partition coefficient (Wildman–Crippen LogP) is 3.61. The van der Waals surface area contributed by atoms with E-state index in [1.54, 1.807) is 25.5 Å². The third-order valence-corrected chi connectivity index (χ3v) is 2.20. The Morgan fingerprint density at radius 1 is 1.33 bits per heavy atom. The van der Waals surface area contributed by atoms with Gasteiger partial charge in [0, 0.05) is 0 Å². The van der Waals surface area contributed by atoms with Crippen molar-refractivity contribution in [3.05, 3.63) is 40.1 Å². The lowest BCUT2D eigenvalue weighted by Crippen LogP contribution is -1.76. The molecule has 0 saturated heterocycles. The summed E-state index contributed by atoms with van der Waals surface area (Å²) in [6.07, 6.45) is 3.31. The van der Waals surface area contributed by atoms with Crippen molar-refractivity contribution in [3.63, 3.8) is 0 Å². The zero-order valence-electron chi connectivity index (χ0n) is 6.55. The minimum Gasteiger partial charge on any atom is -0.504 e. The number of benzene rings is 1. The highest BCUT2D eigenvalue weighted by molar-refractivity contribution is 6.42. The quantitative estimate of drug-likeness (QED) is 0.667. The molecule has 0 spiro atoms. The standard InChI is InChI=1S/C9H8Cl2O/c1-12-6-5-7-3-2-4-8(10)9(7)11/h2-6H,1H3/b6-5+. The first-order valence-corrected chi connectivity index (χ1v) is 4.14. The Bertz CT molecular complexity index is 295. The Hall–Kier alpha value is -0.660. The summed E-state index contributed by atoms with van der Waals surface area (Å²) in [5, 5.41) is 1.10. The summed E-state index contributed by atoms with van der Waals surface area (Å²) in [5.74, 6) is 0. The lowest BCUT2D eigenvalue weighted by atomic mass is 10.2. The van der Waals surface area contributed by atoms with E-state index in [1.807, 2.05) is 12.1 Å². The molecule has 0 aromatic heterocycles. The first-order chi connectivity index (χ1) is 5.75. The van der Waals surface area contributed by atoms with Crippen LogP contribution in [0.4, 0.5) is 0 Å². The molecule has 12 heavy (non-hydrogen) atoms. The van der Waals surface area contributed by atoms with Crippen molar-refractivity contribution in [2.45, 2.75) is 0 Å². The maximum Gasteiger partial charge on any atom is 0.0831 e. The zero-order valence-corrected chi connectivity index (χ0v) is 8.06. The maximum atomic E-state index is 5.89. The Labute approximate surface area is 81.6 Å². The molecule has 0 aliphatic heterocycles. The van der Waals surface area contributed by atoms with Crippen LogP contribution in [0.25, 0.3) is 6.08 Å². The van der Waals surface area contributed by atoms with Crippen molar-refractivity contribution >= 4 is 29.3 Å². The molecule has 1 rings (SSSR count). The molecule has 3 heteroatoms. The van der Waals surface area contributed by atoms with Crippen LogP contribution >= 0.6 is 23.2 Å². The minimum absolute atomic E-state index is 0.549. The van der Waals surface area contributed by atoms with Crippen molar-refractivity contribution in [1.29, 1.82) is 0 Å². The summed E-state index contributed by atoms with van der Waals surface area (Å²) < 4.78 is 4.76. The van der Waals surface area contributed by atoms with E-state index in [2.05, 4.69) is 0 Å². The normalized spacial score (nSPS) is 10.6. The fourth-order valence-corrected chi connectivity index (χ4v) is 1.16. The summed E-state index contributed by atoms with van der Waals surface area (Å²) in [6.45, 7) is 0. The van der Waals surface area contributed by atoms with Gasteiger partial charge in [0.1, 0.15) is 0 Å². The monoisotopic (exact) mass is 202 g/mol. The van der Waals surface area contributed by atoms with Gasteiger partial charge in [0.2, 0.25) is 0 Å². The van der Waals surface area contributed by atoms with Crippen LogP contribution in [0.3, 0.4) is 0 Å². The number of hydrogen-bond acceptors (Lipinski definition) is 1. The first-order valence-electron chi connectivity index (χ1n) is 3.39. The SMILES string of the molecule is CO/C=C/c1cccc(Cl)c1Cl. The van der Waals surface area contributed by atoms with Crippen LogP contribution in [-0.4, -0.2) is 7.11 Å². The molecule has 0 saturated carbocycles. The minimum atomic E-state index is 0.549. The van der Waals surface area contributed by atoms with E-state index in [4.69, 9.17) is 27.9 Å². The number of methoxy groups -OCH3 is 1. The van der Waals surface area contributed by atoms with Gasteiger partial charge in [-0.2, -0.15) is 0 Å². The van der Waals surface area contributed by atoms with Crippen LogP contribution < -0.4 is 0 Å². The summed E-state index contributed by atoms with van der Waals surface area (Å²) in [4.78, 5) is 0. The highest BCUT2D eigenvalue weighted by atomic mass is 35.5. The number of ether oxygens (including phenoxy) is 1. The number of hydrogen-bond donors (Lipinski definition) is 0. The van der Waals surface area contributed by atoms with E-state index in [9.17, 15) is 0 Å². The molecular formula is C9H8Cl2O. The van der Waals surface area contributed by atoms with Crippen LogP contribution in [0.15, 0.2) is 24.5 Å². The van der Waals surface area contributed by atoms with Gasteiger partial charge < -0.3 is 4.74 Å². The number of halogens is 2. The van der Waals surface area contributed by atoms with Crippen LogP contribution in [0, 0.1) is 0 Å².